The van der Waals surface area contributed by atoms with E-state index in [1.165, 1.54) is 11.3 Å². The molecule has 4 nitrogen and oxygen atoms in total. The third-order valence-corrected chi connectivity index (χ3v) is 4.31. The monoisotopic (exact) mass is 312 g/mol. The lowest BCUT2D eigenvalue weighted by atomic mass is 10.0. The molecule has 0 saturated heterocycles. The first-order valence-electron chi connectivity index (χ1n) is 6.88. The summed E-state index contributed by atoms with van der Waals surface area (Å²) >= 11 is 1.29. The van der Waals surface area contributed by atoms with E-state index in [2.05, 4.69) is 5.32 Å². The average molecular weight is 312 g/mol. The van der Waals surface area contributed by atoms with E-state index in [0.29, 0.717) is 4.88 Å². The van der Waals surface area contributed by atoms with Crippen molar-refractivity contribution >= 4 is 23.0 Å². The van der Waals surface area contributed by atoms with Crippen LogP contribution in [0.1, 0.15) is 33.1 Å². The van der Waals surface area contributed by atoms with E-state index in [0.717, 1.165) is 10.4 Å². The summed E-state index contributed by atoms with van der Waals surface area (Å²) in [5, 5.41) is 11.9. The Bertz CT molecular complexity index is 716. The fourth-order valence-corrected chi connectivity index (χ4v) is 2.90. The molecule has 0 spiro atoms. The van der Waals surface area contributed by atoms with Gasteiger partial charge in [0.1, 0.15) is 0 Å². The molecular weight excluding hydrogens is 296 g/mol. The summed E-state index contributed by atoms with van der Waals surface area (Å²) in [6, 6.07) is 14.4. The highest BCUT2D eigenvalue weighted by Gasteiger charge is 2.29. The van der Waals surface area contributed by atoms with Gasteiger partial charge in [-0.2, -0.15) is 5.26 Å². The normalized spacial score (nSPS) is 13.0. The van der Waals surface area contributed by atoms with Gasteiger partial charge in [-0.05, 0) is 31.5 Å². The second-order valence-electron chi connectivity index (χ2n) is 4.98. The van der Waals surface area contributed by atoms with Crippen molar-refractivity contribution in [3.8, 4) is 6.07 Å². The van der Waals surface area contributed by atoms with Crippen LogP contribution in [0.25, 0.3) is 0 Å². The molecule has 5 heteroatoms. The molecule has 1 amide bonds. The van der Waals surface area contributed by atoms with Crippen molar-refractivity contribution in [2.24, 2.45) is 5.92 Å². The second-order valence-corrected chi connectivity index (χ2v) is 6.27. The lowest BCUT2D eigenvalue weighted by Gasteiger charge is -2.16. The molecule has 2 rings (SSSR count). The molecule has 0 aliphatic rings. The highest BCUT2D eigenvalue weighted by Crippen LogP contribution is 2.20. The summed E-state index contributed by atoms with van der Waals surface area (Å²) in [6.45, 7) is 3.70. The molecule has 1 N–H and O–H groups in total. The van der Waals surface area contributed by atoms with Gasteiger partial charge in [-0.25, -0.2) is 0 Å². The lowest BCUT2D eigenvalue weighted by molar-refractivity contribution is -0.122. The van der Waals surface area contributed by atoms with Gasteiger partial charge in [0, 0.05) is 4.88 Å². The van der Waals surface area contributed by atoms with Crippen LogP contribution < -0.4 is 5.32 Å². The zero-order valence-electron chi connectivity index (χ0n) is 12.4. The first-order valence-corrected chi connectivity index (χ1v) is 7.70. The highest BCUT2D eigenvalue weighted by molar-refractivity contribution is 7.14. The van der Waals surface area contributed by atoms with Crippen molar-refractivity contribution in [2.75, 3.05) is 0 Å². The van der Waals surface area contributed by atoms with E-state index >= 15 is 0 Å². The number of hydrogen-bond donors (Lipinski definition) is 1. The van der Waals surface area contributed by atoms with Crippen molar-refractivity contribution < 1.29 is 9.59 Å². The minimum absolute atomic E-state index is 0.262. The predicted molar refractivity (Wildman–Crippen MR) is 85.5 cm³/mol. The number of carbonyl (C=O) groups excluding carboxylic acids is 2. The molecule has 0 saturated carbocycles. The van der Waals surface area contributed by atoms with Gasteiger partial charge in [-0.3, -0.25) is 9.59 Å². The molecule has 1 heterocycles. The molecule has 2 unspecified atom stereocenters. The molecule has 0 aliphatic heterocycles. The summed E-state index contributed by atoms with van der Waals surface area (Å²) in [5.74, 6) is -2.32. The molecule has 112 valence electrons. The van der Waals surface area contributed by atoms with Gasteiger partial charge in [-0.1, -0.05) is 30.3 Å². The van der Waals surface area contributed by atoms with Crippen LogP contribution in [0.4, 0.5) is 0 Å². The number of rotatable bonds is 5. The molecule has 0 radical (unpaired) electrons. The molecule has 0 fully saturated rings. The summed E-state index contributed by atoms with van der Waals surface area (Å²) in [6.07, 6.45) is 0. The molecular formula is C17H16N2O2S. The van der Waals surface area contributed by atoms with Crippen LogP contribution in [0.15, 0.2) is 42.5 Å². The molecule has 2 atom stereocenters. The lowest BCUT2D eigenvalue weighted by Crippen LogP contribution is -2.36. The number of nitrogens with zero attached hydrogens (tertiary/aromatic N) is 1. The molecule has 0 bridgehead atoms. The van der Waals surface area contributed by atoms with Crippen molar-refractivity contribution in [3.05, 3.63) is 57.8 Å². The van der Waals surface area contributed by atoms with Crippen LogP contribution >= 0.6 is 11.3 Å². The number of thiophene rings is 1. The van der Waals surface area contributed by atoms with E-state index in [4.69, 9.17) is 0 Å². The van der Waals surface area contributed by atoms with E-state index in [-0.39, 0.29) is 6.04 Å². The third-order valence-electron chi connectivity index (χ3n) is 3.30. The maximum atomic E-state index is 12.3. The van der Waals surface area contributed by atoms with Gasteiger partial charge in [0.2, 0.25) is 5.91 Å². The van der Waals surface area contributed by atoms with E-state index in [9.17, 15) is 14.9 Å². The van der Waals surface area contributed by atoms with Crippen LogP contribution in [0.3, 0.4) is 0 Å². The van der Waals surface area contributed by atoms with E-state index in [1.807, 2.05) is 50.2 Å². The van der Waals surface area contributed by atoms with Crippen molar-refractivity contribution in [1.29, 1.82) is 5.26 Å². The summed E-state index contributed by atoms with van der Waals surface area (Å²) < 4.78 is 0. The molecule has 1 aromatic carbocycles. The van der Waals surface area contributed by atoms with Crippen LogP contribution in [0.5, 0.6) is 0 Å². The number of amides is 1. The summed E-state index contributed by atoms with van der Waals surface area (Å²) in [5.41, 5.74) is 0.923. The number of carbonyl (C=O) groups is 2. The zero-order chi connectivity index (χ0) is 16.1. The third kappa shape index (κ3) is 3.60. The smallest absolute Gasteiger partial charge is 0.245 e. The van der Waals surface area contributed by atoms with E-state index < -0.39 is 17.6 Å². The molecule has 22 heavy (non-hydrogen) atoms. The summed E-state index contributed by atoms with van der Waals surface area (Å²) in [4.78, 5) is 25.9. The number of hydrogen-bond acceptors (Lipinski definition) is 4. The topological polar surface area (TPSA) is 70.0 Å². The highest BCUT2D eigenvalue weighted by atomic mass is 32.1. The number of ketones is 1. The van der Waals surface area contributed by atoms with Crippen molar-refractivity contribution in [2.45, 2.75) is 19.9 Å². The Morgan fingerprint density at radius 2 is 1.86 bits per heavy atom. The van der Waals surface area contributed by atoms with E-state index in [1.54, 1.807) is 12.1 Å². The van der Waals surface area contributed by atoms with Gasteiger partial charge < -0.3 is 5.32 Å². The quantitative estimate of drug-likeness (QED) is 0.680. The number of benzene rings is 1. The Morgan fingerprint density at radius 1 is 1.18 bits per heavy atom. The molecule has 1 aromatic heterocycles. The van der Waals surface area contributed by atoms with Crippen LogP contribution in [-0.4, -0.2) is 11.7 Å². The molecule has 0 aliphatic carbocycles. The Kier molecular flexibility index (Phi) is 5.08. The number of nitriles is 1. The van der Waals surface area contributed by atoms with Crippen LogP contribution in [-0.2, 0) is 4.79 Å². The Labute approximate surface area is 133 Å². The van der Waals surface area contributed by atoms with Gasteiger partial charge in [-0.15, -0.1) is 11.3 Å². The zero-order valence-corrected chi connectivity index (χ0v) is 13.2. The number of Topliss-reactive ketones (excluding diaryl/α,β-unsaturated/α-hetero) is 1. The largest absolute Gasteiger partial charge is 0.348 e. The van der Waals surface area contributed by atoms with Crippen LogP contribution in [0, 0.1) is 24.2 Å². The van der Waals surface area contributed by atoms with Crippen molar-refractivity contribution in [1.82, 2.24) is 5.32 Å². The fraction of sp³-hybridized carbons (Fsp3) is 0.235. The summed E-state index contributed by atoms with van der Waals surface area (Å²) in [7, 11) is 0. The van der Waals surface area contributed by atoms with Gasteiger partial charge in [0.05, 0.1) is 17.0 Å². The minimum atomic E-state index is -1.32. The fourth-order valence-electron chi connectivity index (χ4n) is 2.07. The Morgan fingerprint density at radius 3 is 2.41 bits per heavy atom. The van der Waals surface area contributed by atoms with Gasteiger partial charge in [0.15, 0.2) is 11.7 Å². The SMILES string of the molecule is Cc1ccc(C(=O)C(C#N)C(=O)NC(C)c2ccccc2)s1. The average Bonchev–Trinajstić information content (AvgIpc) is 2.95. The minimum Gasteiger partial charge on any atom is -0.348 e. The van der Waals surface area contributed by atoms with Crippen LogP contribution in [0.2, 0.25) is 0 Å². The van der Waals surface area contributed by atoms with Gasteiger partial charge in [0.25, 0.3) is 0 Å². The van der Waals surface area contributed by atoms with Gasteiger partial charge >= 0.3 is 0 Å². The van der Waals surface area contributed by atoms with Crippen molar-refractivity contribution in [3.63, 3.8) is 0 Å². The standard InChI is InChI=1S/C17H16N2O2S/c1-11-8-9-15(22-11)16(20)14(10-18)17(21)19-12(2)13-6-4-3-5-7-13/h3-9,12,14H,1-2H3,(H,19,21). The number of aryl methyl sites for hydroxylation is 1. The first kappa shape index (κ1) is 15.9. The second kappa shape index (κ2) is 7.01. The molecule has 2 aromatic rings. The predicted octanol–water partition coefficient (Wildman–Crippen LogP) is 3.26. The first-order chi connectivity index (χ1) is 10.5. The maximum absolute atomic E-state index is 12.3. The Hall–Kier alpha value is -2.45. The number of nitrogens with one attached hydrogen (secondary N) is 1. The Balaban J connectivity index is 2.09. The maximum Gasteiger partial charge on any atom is 0.245 e.